The molecule has 0 radical (unpaired) electrons. The van der Waals surface area contributed by atoms with Crippen LogP contribution in [0, 0.1) is 17.0 Å². The summed E-state index contributed by atoms with van der Waals surface area (Å²) in [6.45, 7) is 1.44. The topological polar surface area (TPSA) is 131 Å². The highest BCUT2D eigenvalue weighted by molar-refractivity contribution is 7.92. The minimum absolute atomic E-state index is 0.00888. The minimum Gasteiger partial charge on any atom is -0.489 e. The summed E-state index contributed by atoms with van der Waals surface area (Å²) in [5, 5.41) is 15.1. The quantitative estimate of drug-likeness (QED) is 0.139. The van der Waals surface area contributed by atoms with Crippen LogP contribution in [-0.4, -0.2) is 32.0 Å². The van der Waals surface area contributed by atoms with Crippen molar-refractivity contribution in [1.82, 2.24) is 5.43 Å². The number of non-ortho nitro benzene ring substituents is 1. The van der Waals surface area contributed by atoms with Crippen molar-refractivity contribution < 1.29 is 22.9 Å². The lowest BCUT2D eigenvalue weighted by Gasteiger charge is -2.25. The van der Waals surface area contributed by atoms with Gasteiger partial charge in [-0.1, -0.05) is 35.9 Å². The molecule has 0 aliphatic carbocycles. The molecule has 4 aromatic carbocycles. The molecule has 0 heterocycles. The first-order chi connectivity index (χ1) is 19.6. The zero-order valence-corrected chi connectivity index (χ0v) is 23.4. The molecule has 4 rings (SSSR count). The van der Waals surface area contributed by atoms with Crippen LogP contribution < -0.4 is 14.5 Å². The van der Waals surface area contributed by atoms with E-state index in [4.69, 9.17) is 16.3 Å². The summed E-state index contributed by atoms with van der Waals surface area (Å²) >= 11 is 6.15. The molecular formula is C29H25ClN4O6S. The Balaban J connectivity index is 1.39. The van der Waals surface area contributed by atoms with E-state index in [2.05, 4.69) is 10.5 Å². The van der Waals surface area contributed by atoms with E-state index >= 15 is 0 Å². The van der Waals surface area contributed by atoms with E-state index < -0.39 is 27.4 Å². The fourth-order valence-corrected chi connectivity index (χ4v) is 5.41. The summed E-state index contributed by atoms with van der Waals surface area (Å²) in [6.07, 6.45) is 1.42. The first-order valence-electron chi connectivity index (χ1n) is 12.3. The number of ether oxygens (including phenoxy) is 1. The van der Waals surface area contributed by atoms with Crippen molar-refractivity contribution in [2.45, 2.75) is 18.4 Å². The number of nitro groups is 1. The molecule has 0 aromatic heterocycles. The number of hydrogen-bond acceptors (Lipinski definition) is 7. The van der Waals surface area contributed by atoms with Crippen molar-refractivity contribution in [3.05, 3.63) is 129 Å². The largest absolute Gasteiger partial charge is 0.489 e. The fourth-order valence-electron chi connectivity index (χ4n) is 3.75. The molecule has 0 unspecified atom stereocenters. The lowest BCUT2D eigenvalue weighted by Crippen LogP contribution is -2.40. The highest BCUT2D eigenvalue weighted by atomic mass is 35.5. The smallest absolute Gasteiger partial charge is 0.269 e. The average Bonchev–Trinajstić information content (AvgIpc) is 2.97. The number of carbonyl (C=O) groups excluding carboxylic acids is 1. The van der Waals surface area contributed by atoms with Gasteiger partial charge in [-0.15, -0.1) is 0 Å². The van der Waals surface area contributed by atoms with Crippen molar-refractivity contribution in [3.8, 4) is 5.75 Å². The monoisotopic (exact) mass is 592 g/mol. The maximum absolute atomic E-state index is 13.5. The summed E-state index contributed by atoms with van der Waals surface area (Å²) < 4.78 is 33.7. The molecule has 0 saturated heterocycles. The third-order valence-electron chi connectivity index (χ3n) is 5.89. The van der Waals surface area contributed by atoms with Gasteiger partial charge in [-0.05, 0) is 84.3 Å². The number of amides is 1. The van der Waals surface area contributed by atoms with E-state index in [0.29, 0.717) is 21.9 Å². The van der Waals surface area contributed by atoms with Crippen LogP contribution in [0.25, 0.3) is 0 Å². The number of nitrogens with zero attached hydrogens (tertiary/aromatic N) is 3. The molecule has 1 N–H and O–H groups in total. The number of aryl methyl sites for hydroxylation is 1. The van der Waals surface area contributed by atoms with Crippen LogP contribution in [0.5, 0.6) is 5.75 Å². The van der Waals surface area contributed by atoms with Gasteiger partial charge in [-0.25, -0.2) is 13.8 Å². The van der Waals surface area contributed by atoms with Crippen molar-refractivity contribution in [2.75, 3.05) is 10.8 Å². The molecular weight excluding hydrogens is 568 g/mol. The second-order valence-corrected chi connectivity index (χ2v) is 11.1. The van der Waals surface area contributed by atoms with Gasteiger partial charge in [-0.3, -0.25) is 19.2 Å². The van der Waals surface area contributed by atoms with Gasteiger partial charge in [0.2, 0.25) is 0 Å². The molecule has 210 valence electrons. The molecule has 4 aromatic rings. The highest BCUT2D eigenvalue weighted by Gasteiger charge is 2.28. The van der Waals surface area contributed by atoms with Gasteiger partial charge in [0.15, 0.2) is 0 Å². The SMILES string of the molecule is Cc1ccc(Cl)cc1N(CC(=O)N/N=C\c1ccc(OCc2ccc([N+](=O)[O-])cc2)cc1)S(=O)(=O)c1ccccc1. The van der Waals surface area contributed by atoms with Crippen LogP contribution in [0.2, 0.25) is 5.02 Å². The molecule has 0 fully saturated rings. The number of carbonyl (C=O) groups is 1. The van der Waals surface area contributed by atoms with Gasteiger partial charge >= 0.3 is 0 Å². The lowest BCUT2D eigenvalue weighted by molar-refractivity contribution is -0.384. The second kappa shape index (κ2) is 13.1. The molecule has 0 atom stereocenters. The fraction of sp³-hybridized carbons (Fsp3) is 0.103. The van der Waals surface area contributed by atoms with Crippen LogP contribution in [-0.2, 0) is 21.4 Å². The zero-order valence-electron chi connectivity index (χ0n) is 21.8. The standard InChI is InChI=1S/C29H25ClN4O6S/c1-21-7-12-24(30)17-28(21)33(41(38,39)27-5-3-2-4-6-27)19-29(35)32-31-18-22-10-15-26(16-11-22)40-20-23-8-13-25(14-9-23)34(36)37/h2-18H,19-20H2,1H3,(H,32,35)/b31-18-. The Morgan fingerprint density at radius 3 is 2.37 bits per heavy atom. The molecule has 1 amide bonds. The van der Waals surface area contributed by atoms with Gasteiger partial charge in [-0.2, -0.15) is 5.10 Å². The number of halogens is 1. The third-order valence-corrected chi connectivity index (χ3v) is 7.90. The Morgan fingerprint density at radius 2 is 1.71 bits per heavy atom. The Labute approximate surface area is 242 Å². The predicted octanol–water partition coefficient (Wildman–Crippen LogP) is 5.48. The van der Waals surface area contributed by atoms with Gasteiger partial charge in [0.1, 0.15) is 18.9 Å². The number of rotatable bonds is 11. The highest BCUT2D eigenvalue weighted by Crippen LogP contribution is 2.29. The van der Waals surface area contributed by atoms with E-state index in [0.717, 1.165) is 9.87 Å². The summed E-state index contributed by atoms with van der Waals surface area (Å²) in [5.74, 6) is -0.0774. The van der Waals surface area contributed by atoms with Crippen LogP contribution in [0.15, 0.2) is 107 Å². The lowest BCUT2D eigenvalue weighted by atomic mass is 10.2. The van der Waals surface area contributed by atoms with E-state index in [1.807, 2.05) is 0 Å². The van der Waals surface area contributed by atoms with Gasteiger partial charge in [0, 0.05) is 17.2 Å². The molecule has 0 bridgehead atoms. The third kappa shape index (κ3) is 7.68. The van der Waals surface area contributed by atoms with E-state index in [-0.39, 0.29) is 22.9 Å². The van der Waals surface area contributed by atoms with Crippen LogP contribution in [0.1, 0.15) is 16.7 Å². The van der Waals surface area contributed by atoms with Crippen molar-refractivity contribution in [3.63, 3.8) is 0 Å². The number of hydrogen-bond donors (Lipinski definition) is 1. The molecule has 0 aliphatic rings. The molecule has 0 aliphatic heterocycles. The van der Waals surface area contributed by atoms with E-state index in [9.17, 15) is 23.3 Å². The Hall–Kier alpha value is -4.74. The molecule has 0 spiro atoms. The van der Waals surface area contributed by atoms with Crippen molar-refractivity contribution >= 4 is 45.1 Å². The Kier molecular flexibility index (Phi) is 9.33. The number of nitro benzene ring substituents is 1. The Morgan fingerprint density at radius 1 is 1.02 bits per heavy atom. The van der Waals surface area contributed by atoms with Gasteiger partial charge in [0.05, 0.1) is 21.7 Å². The van der Waals surface area contributed by atoms with E-state index in [1.54, 1.807) is 73.7 Å². The maximum atomic E-state index is 13.5. The number of hydrazone groups is 1. The van der Waals surface area contributed by atoms with Crippen LogP contribution in [0.3, 0.4) is 0 Å². The second-order valence-electron chi connectivity index (χ2n) is 8.83. The molecule has 0 saturated carbocycles. The van der Waals surface area contributed by atoms with Gasteiger partial charge in [0.25, 0.3) is 21.6 Å². The Bertz CT molecular complexity index is 1660. The first-order valence-corrected chi connectivity index (χ1v) is 14.1. The minimum atomic E-state index is -4.08. The number of anilines is 1. The summed E-state index contributed by atoms with van der Waals surface area (Å²) in [7, 11) is -4.08. The summed E-state index contributed by atoms with van der Waals surface area (Å²) in [5.41, 5.74) is 4.73. The number of sulfonamides is 1. The molecule has 12 heteroatoms. The number of benzene rings is 4. The van der Waals surface area contributed by atoms with Gasteiger partial charge < -0.3 is 4.74 Å². The van der Waals surface area contributed by atoms with Crippen molar-refractivity contribution in [2.24, 2.45) is 5.10 Å². The van der Waals surface area contributed by atoms with Crippen LogP contribution in [0.4, 0.5) is 11.4 Å². The van der Waals surface area contributed by atoms with Crippen LogP contribution >= 0.6 is 11.6 Å². The summed E-state index contributed by atoms with van der Waals surface area (Å²) in [4.78, 5) is 23.1. The molecule has 10 nitrogen and oxygen atoms in total. The summed E-state index contributed by atoms with van der Waals surface area (Å²) in [6, 6.07) is 25.6. The zero-order chi connectivity index (χ0) is 29.4. The normalized spacial score (nSPS) is 11.3. The van der Waals surface area contributed by atoms with Crippen molar-refractivity contribution in [1.29, 1.82) is 0 Å². The average molecular weight is 593 g/mol. The molecule has 41 heavy (non-hydrogen) atoms. The number of nitrogens with one attached hydrogen (secondary N) is 1. The maximum Gasteiger partial charge on any atom is 0.269 e. The predicted molar refractivity (Wildman–Crippen MR) is 157 cm³/mol. The van der Waals surface area contributed by atoms with E-state index in [1.165, 1.54) is 36.5 Å². The first kappa shape index (κ1) is 29.2.